The quantitative estimate of drug-likeness (QED) is 0.399. The van der Waals surface area contributed by atoms with Crippen molar-refractivity contribution in [1.82, 2.24) is 9.88 Å². The van der Waals surface area contributed by atoms with Gasteiger partial charge in [0.1, 0.15) is 11.3 Å². The second kappa shape index (κ2) is 12.4. The number of nitrogens with zero attached hydrogens (tertiary/aromatic N) is 3. The molecule has 3 aromatic rings. The van der Waals surface area contributed by atoms with Crippen LogP contribution in [0.4, 0.5) is 13.9 Å². The molecule has 1 aromatic heterocycles. The summed E-state index contributed by atoms with van der Waals surface area (Å²) < 4.78 is 45.1. The number of carbonyl (C=O) groups excluding carboxylic acids is 1. The molecule has 1 fully saturated rings. The van der Waals surface area contributed by atoms with E-state index < -0.39 is 11.6 Å². The SMILES string of the molecule is CCOc1ccc(C(=O)N(CCN2CCOCC2)c2nc3c(F)cc(F)cc3s2)cc1OCC.Cl. The molecule has 1 amide bonds. The van der Waals surface area contributed by atoms with Crippen LogP contribution in [0.3, 0.4) is 0 Å². The number of benzene rings is 2. The highest BCUT2D eigenvalue weighted by Crippen LogP contribution is 2.33. The van der Waals surface area contributed by atoms with Gasteiger partial charge in [0.05, 0.1) is 31.1 Å². The zero-order valence-electron chi connectivity index (χ0n) is 19.6. The number of aromatic nitrogens is 1. The Kier molecular flexibility index (Phi) is 9.62. The lowest BCUT2D eigenvalue weighted by atomic mass is 10.1. The number of hydrogen-bond acceptors (Lipinski definition) is 7. The number of carbonyl (C=O) groups is 1. The lowest BCUT2D eigenvalue weighted by molar-refractivity contribution is 0.0391. The minimum atomic E-state index is -0.752. The van der Waals surface area contributed by atoms with Crippen LogP contribution in [0, 0.1) is 11.6 Å². The fraction of sp³-hybridized carbons (Fsp3) is 0.417. The molecule has 0 bridgehead atoms. The number of hydrogen-bond donors (Lipinski definition) is 0. The van der Waals surface area contributed by atoms with E-state index >= 15 is 0 Å². The molecule has 0 spiro atoms. The fourth-order valence-corrected chi connectivity index (χ4v) is 4.78. The molecule has 190 valence electrons. The molecule has 11 heteroatoms. The van der Waals surface area contributed by atoms with Gasteiger partial charge >= 0.3 is 0 Å². The lowest BCUT2D eigenvalue weighted by Crippen LogP contribution is -2.43. The molecule has 2 heterocycles. The standard InChI is InChI=1S/C24H27F2N3O4S.ClH/c1-3-32-19-6-5-16(13-20(19)33-4-2)23(30)29(8-7-28-9-11-31-12-10-28)24-27-22-18(26)14-17(25)15-21(22)34-24;/h5-6,13-15H,3-4,7-12H2,1-2H3;1H. The molecule has 0 atom stereocenters. The average Bonchev–Trinajstić information content (AvgIpc) is 3.25. The van der Waals surface area contributed by atoms with Crippen molar-refractivity contribution in [1.29, 1.82) is 0 Å². The van der Waals surface area contributed by atoms with E-state index in [1.807, 2.05) is 13.8 Å². The number of anilines is 1. The van der Waals surface area contributed by atoms with Crippen LogP contribution in [0.1, 0.15) is 24.2 Å². The topological polar surface area (TPSA) is 64.1 Å². The highest BCUT2D eigenvalue weighted by atomic mass is 35.5. The van der Waals surface area contributed by atoms with Gasteiger partial charge in [0.15, 0.2) is 22.4 Å². The molecule has 35 heavy (non-hydrogen) atoms. The fourth-order valence-electron chi connectivity index (χ4n) is 3.75. The van der Waals surface area contributed by atoms with E-state index in [0.29, 0.717) is 66.4 Å². The van der Waals surface area contributed by atoms with Crippen molar-refractivity contribution in [3.05, 3.63) is 47.5 Å². The number of fused-ring (bicyclic) bond motifs is 1. The maximum absolute atomic E-state index is 14.3. The lowest BCUT2D eigenvalue weighted by Gasteiger charge is -2.29. The van der Waals surface area contributed by atoms with E-state index in [4.69, 9.17) is 14.2 Å². The number of ether oxygens (including phenoxy) is 3. The third-order valence-electron chi connectivity index (χ3n) is 5.41. The van der Waals surface area contributed by atoms with Gasteiger partial charge in [-0.25, -0.2) is 13.8 Å². The summed E-state index contributed by atoms with van der Waals surface area (Å²) in [6.45, 7) is 8.33. The molecule has 0 radical (unpaired) electrons. The van der Waals surface area contributed by atoms with Crippen molar-refractivity contribution >= 4 is 45.0 Å². The highest BCUT2D eigenvalue weighted by molar-refractivity contribution is 7.22. The molecule has 7 nitrogen and oxygen atoms in total. The summed E-state index contributed by atoms with van der Waals surface area (Å²) in [4.78, 5) is 21.7. The van der Waals surface area contributed by atoms with Crippen LogP contribution in [0.5, 0.6) is 11.5 Å². The van der Waals surface area contributed by atoms with Crippen LogP contribution in [0.25, 0.3) is 10.2 Å². The summed E-state index contributed by atoms with van der Waals surface area (Å²) in [5.41, 5.74) is 0.437. The first kappa shape index (κ1) is 27.1. The van der Waals surface area contributed by atoms with E-state index in [1.165, 1.54) is 11.0 Å². The van der Waals surface area contributed by atoms with Gasteiger partial charge in [0, 0.05) is 37.8 Å². The smallest absolute Gasteiger partial charge is 0.260 e. The van der Waals surface area contributed by atoms with Crippen molar-refractivity contribution in [2.24, 2.45) is 0 Å². The van der Waals surface area contributed by atoms with E-state index in [9.17, 15) is 13.6 Å². The third kappa shape index (κ3) is 6.38. The summed E-state index contributed by atoms with van der Waals surface area (Å²) in [7, 11) is 0. The average molecular weight is 528 g/mol. The number of amides is 1. The van der Waals surface area contributed by atoms with E-state index in [-0.39, 0.29) is 23.8 Å². The maximum Gasteiger partial charge on any atom is 0.260 e. The molecule has 0 unspecified atom stereocenters. The number of rotatable bonds is 9. The Bertz CT molecular complexity index is 1160. The van der Waals surface area contributed by atoms with Crippen molar-refractivity contribution in [3.8, 4) is 11.5 Å². The predicted octanol–water partition coefficient (Wildman–Crippen LogP) is 4.77. The van der Waals surface area contributed by atoms with Crippen LogP contribution in [0.15, 0.2) is 30.3 Å². The monoisotopic (exact) mass is 527 g/mol. The predicted molar refractivity (Wildman–Crippen MR) is 134 cm³/mol. The maximum atomic E-state index is 14.3. The molecule has 2 aromatic carbocycles. The molecule has 0 N–H and O–H groups in total. The van der Waals surface area contributed by atoms with Gasteiger partial charge < -0.3 is 14.2 Å². The van der Waals surface area contributed by atoms with Gasteiger partial charge in [0.2, 0.25) is 0 Å². The summed E-state index contributed by atoms with van der Waals surface area (Å²) in [6.07, 6.45) is 0. The second-order valence-corrected chi connectivity index (χ2v) is 8.68. The van der Waals surface area contributed by atoms with Gasteiger partial charge in [-0.15, -0.1) is 12.4 Å². The van der Waals surface area contributed by atoms with Crippen molar-refractivity contribution < 1.29 is 27.8 Å². The van der Waals surface area contributed by atoms with Crippen LogP contribution < -0.4 is 14.4 Å². The number of morpholine rings is 1. The van der Waals surface area contributed by atoms with Gasteiger partial charge in [-0.2, -0.15) is 0 Å². The summed E-state index contributed by atoms with van der Waals surface area (Å²) in [5, 5.41) is 0.310. The zero-order valence-corrected chi connectivity index (χ0v) is 21.2. The van der Waals surface area contributed by atoms with Crippen LogP contribution >= 0.6 is 23.7 Å². The molecular weight excluding hydrogens is 500 g/mol. The summed E-state index contributed by atoms with van der Waals surface area (Å²) in [6, 6.07) is 7.05. The Morgan fingerprint density at radius 1 is 1.11 bits per heavy atom. The Hall–Kier alpha value is -2.53. The van der Waals surface area contributed by atoms with Gasteiger partial charge in [-0.1, -0.05) is 11.3 Å². The first-order valence-corrected chi connectivity index (χ1v) is 12.1. The Labute approximate surface area is 213 Å². The normalized spacial score (nSPS) is 13.9. The zero-order chi connectivity index (χ0) is 24.1. The first-order valence-electron chi connectivity index (χ1n) is 11.3. The minimum Gasteiger partial charge on any atom is -0.490 e. The van der Waals surface area contributed by atoms with Gasteiger partial charge in [0.25, 0.3) is 5.91 Å². The highest BCUT2D eigenvalue weighted by Gasteiger charge is 2.25. The molecule has 0 saturated carbocycles. The van der Waals surface area contributed by atoms with Gasteiger partial charge in [-0.3, -0.25) is 14.6 Å². The molecule has 1 aliphatic rings. The van der Waals surface area contributed by atoms with Crippen molar-refractivity contribution in [3.63, 3.8) is 0 Å². The van der Waals surface area contributed by atoms with Crippen LogP contribution in [0.2, 0.25) is 0 Å². The Morgan fingerprint density at radius 2 is 1.83 bits per heavy atom. The van der Waals surface area contributed by atoms with E-state index in [1.54, 1.807) is 18.2 Å². The van der Waals surface area contributed by atoms with Crippen LogP contribution in [-0.2, 0) is 4.74 Å². The molecule has 1 aliphatic heterocycles. The second-order valence-electron chi connectivity index (χ2n) is 7.67. The Balaban J connectivity index is 0.00000342. The summed E-state index contributed by atoms with van der Waals surface area (Å²) >= 11 is 1.08. The summed E-state index contributed by atoms with van der Waals surface area (Å²) in [5.74, 6) is -0.715. The largest absolute Gasteiger partial charge is 0.490 e. The number of thiazole rings is 1. The van der Waals surface area contributed by atoms with E-state index in [0.717, 1.165) is 30.5 Å². The van der Waals surface area contributed by atoms with Crippen molar-refractivity contribution in [2.45, 2.75) is 13.8 Å². The van der Waals surface area contributed by atoms with Gasteiger partial charge in [-0.05, 0) is 38.1 Å². The molecule has 4 rings (SSSR count). The third-order valence-corrected chi connectivity index (χ3v) is 6.44. The van der Waals surface area contributed by atoms with E-state index in [2.05, 4.69) is 9.88 Å². The molecule has 0 aliphatic carbocycles. The van der Waals surface area contributed by atoms with Crippen molar-refractivity contribution in [2.75, 3.05) is 57.5 Å². The molecular formula is C24H28ClF2N3O4S. The first-order chi connectivity index (χ1) is 16.5. The number of halogens is 3. The Morgan fingerprint density at radius 3 is 2.54 bits per heavy atom. The van der Waals surface area contributed by atoms with Crippen LogP contribution in [-0.4, -0.2) is 68.4 Å². The molecule has 1 saturated heterocycles. The minimum absolute atomic E-state index is 0.